The average molecular weight is 335 g/mol. The lowest BCUT2D eigenvalue weighted by Gasteiger charge is -2.15. The first-order chi connectivity index (χ1) is 9.47. The maximum Gasteiger partial charge on any atom is 0.126 e. The summed E-state index contributed by atoms with van der Waals surface area (Å²) in [5.74, 6) is 0.718. The van der Waals surface area contributed by atoms with Crippen LogP contribution in [0.5, 0.6) is 5.75 Å². The van der Waals surface area contributed by atoms with Crippen molar-refractivity contribution in [2.24, 2.45) is 0 Å². The maximum absolute atomic E-state index is 9.80. The fourth-order valence-corrected chi connectivity index (χ4v) is 2.43. The van der Waals surface area contributed by atoms with Crippen molar-refractivity contribution in [3.63, 3.8) is 0 Å². The van der Waals surface area contributed by atoms with Gasteiger partial charge in [0.1, 0.15) is 12.4 Å². The molecule has 0 aliphatic carbocycles. The van der Waals surface area contributed by atoms with Crippen LogP contribution in [-0.2, 0) is 6.61 Å². The molecule has 1 atom stereocenters. The van der Waals surface area contributed by atoms with Gasteiger partial charge < -0.3 is 9.84 Å². The van der Waals surface area contributed by atoms with Crippen molar-refractivity contribution in [3.05, 3.63) is 63.1 Å². The fourth-order valence-electron chi connectivity index (χ4n) is 2.09. The summed E-state index contributed by atoms with van der Waals surface area (Å²) in [4.78, 5) is 0. The molecule has 1 N–H and O–H groups in total. The summed E-state index contributed by atoms with van der Waals surface area (Å²) < 4.78 is 6.85. The Morgan fingerprint density at radius 1 is 1.15 bits per heavy atom. The second kappa shape index (κ2) is 6.42. The lowest BCUT2D eigenvalue weighted by Crippen LogP contribution is -2.02. The van der Waals surface area contributed by atoms with Gasteiger partial charge in [-0.2, -0.15) is 0 Å². The molecule has 0 radical (unpaired) electrons. The summed E-state index contributed by atoms with van der Waals surface area (Å²) in [6.07, 6.45) is -0.545. The van der Waals surface area contributed by atoms with Crippen LogP contribution in [0.2, 0.25) is 0 Å². The molecule has 0 aliphatic heterocycles. The second-order valence-corrected chi connectivity index (χ2v) is 5.99. The average Bonchev–Trinajstić information content (AvgIpc) is 2.39. The van der Waals surface area contributed by atoms with E-state index in [-0.39, 0.29) is 0 Å². The minimum absolute atomic E-state index is 0.504. The normalized spacial score (nSPS) is 12.2. The molecule has 0 unspecified atom stereocenters. The minimum atomic E-state index is -0.545. The van der Waals surface area contributed by atoms with E-state index in [1.54, 1.807) is 6.92 Å². The van der Waals surface area contributed by atoms with Gasteiger partial charge >= 0.3 is 0 Å². The Morgan fingerprint density at radius 3 is 2.60 bits per heavy atom. The fraction of sp³-hybridized carbons (Fsp3) is 0.294. The molecule has 2 nitrogen and oxygen atoms in total. The van der Waals surface area contributed by atoms with Gasteiger partial charge in [0.2, 0.25) is 0 Å². The highest BCUT2D eigenvalue weighted by Crippen LogP contribution is 2.29. The largest absolute Gasteiger partial charge is 0.488 e. The van der Waals surface area contributed by atoms with Gasteiger partial charge in [-0.05, 0) is 44.0 Å². The van der Waals surface area contributed by atoms with Crippen LogP contribution in [-0.4, -0.2) is 5.11 Å². The van der Waals surface area contributed by atoms with Crippen molar-refractivity contribution in [3.8, 4) is 5.75 Å². The number of aryl methyl sites for hydroxylation is 2. The molecule has 0 bridgehead atoms. The summed E-state index contributed by atoms with van der Waals surface area (Å²) in [5.41, 5.74) is 4.41. The Hall–Kier alpha value is -1.32. The van der Waals surface area contributed by atoms with E-state index in [9.17, 15) is 5.11 Å². The van der Waals surface area contributed by atoms with Crippen LogP contribution in [0.15, 0.2) is 40.9 Å². The van der Waals surface area contributed by atoms with Gasteiger partial charge in [-0.25, -0.2) is 0 Å². The van der Waals surface area contributed by atoms with Gasteiger partial charge in [0.15, 0.2) is 0 Å². The molecule has 2 aromatic carbocycles. The zero-order chi connectivity index (χ0) is 14.7. The molecule has 0 heterocycles. The van der Waals surface area contributed by atoms with E-state index >= 15 is 0 Å². The molecule has 106 valence electrons. The third kappa shape index (κ3) is 3.62. The first-order valence-electron chi connectivity index (χ1n) is 6.64. The van der Waals surface area contributed by atoms with E-state index in [0.717, 1.165) is 15.8 Å². The third-order valence-electron chi connectivity index (χ3n) is 3.31. The zero-order valence-corrected chi connectivity index (χ0v) is 13.6. The number of benzene rings is 2. The molecule has 0 aliphatic rings. The number of ether oxygens (including phenoxy) is 1. The monoisotopic (exact) mass is 334 g/mol. The Bertz CT molecular complexity index is 606. The molecule has 3 heteroatoms. The van der Waals surface area contributed by atoms with Crippen molar-refractivity contribution in [2.75, 3.05) is 0 Å². The van der Waals surface area contributed by atoms with Crippen LogP contribution in [0.1, 0.15) is 35.3 Å². The van der Waals surface area contributed by atoms with Gasteiger partial charge in [0.25, 0.3) is 0 Å². The molecule has 0 saturated carbocycles. The first-order valence-corrected chi connectivity index (χ1v) is 7.43. The molecule has 0 amide bonds. The molecule has 0 spiro atoms. The lowest BCUT2D eigenvalue weighted by atomic mass is 10.1. The number of hydrogen-bond acceptors (Lipinski definition) is 2. The smallest absolute Gasteiger partial charge is 0.126 e. The molecule has 0 aromatic heterocycles. The third-order valence-corrected chi connectivity index (χ3v) is 3.81. The number of aliphatic hydroxyl groups is 1. The van der Waals surface area contributed by atoms with Gasteiger partial charge in [0.05, 0.1) is 6.10 Å². The number of aliphatic hydroxyl groups excluding tert-OH is 1. The summed E-state index contributed by atoms with van der Waals surface area (Å²) in [5, 5.41) is 9.80. The van der Waals surface area contributed by atoms with Gasteiger partial charge in [0, 0.05) is 10.0 Å². The summed E-state index contributed by atoms with van der Waals surface area (Å²) in [6, 6.07) is 12.0. The Morgan fingerprint density at radius 2 is 1.90 bits per heavy atom. The van der Waals surface area contributed by atoms with Crippen LogP contribution in [0.25, 0.3) is 0 Å². The summed E-state index contributed by atoms with van der Waals surface area (Å²) in [6.45, 7) is 6.40. The maximum atomic E-state index is 9.80. The standard InChI is InChI=1S/C17H19BrO2/c1-11-4-5-12(2)14(8-11)10-20-17-9-15(18)6-7-16(17)13(3)19/h4-9,13,19H,10H2,1-3H3/t13-/m1/s1. The Balaban J connectivity index is 2.22. The second-order valence-electron chi connectivity index (χ2n) is 5.08. The summed E-state index contributed by atoms with van der Waals surface area (Å²) >= 11 is 3.44. The topological polar surface area (TPSA) is 29.5 Å². The Kier molecular flexibility index (Phi) is 4.84. The van der Waals surface area contributed by atoms with Crippen molar-refractivity contribution < 1.29 is 9.84 Å². The van der Waals surface area contributed by atoms with Gasteiger partial charge in [-0.3, -0.25) is 0 Å². The van der Waals surface area contributed by atoms with Crippen molar-refractivity contribution in [1.82, 2.24) is 0 Å². The van der Waals surface area contributed by atoms with E-state index in [1.807, 2.05) is 18.2 Å². The highest BCUT2D eigenvalue weighted by Gasteiger charge is 2.10. The molecule has 2 aromatic rings. The van der Waals surface area contributed by atoms with E-state index < -0.39 is 6.10 Å². The number of hydrogen-bond donors (Lipinski definition) is 1. The van der Waals surface area contributed by atoms with E-state index in [0.29, 0.717) is 6.61 Å². The van der Waals surface area contributed by atoms with E-state index in [4.69, 9.17) is 4.74 Å². The van der Waals surface area contributed by atoms with Gasteiger partial charge in [-0.15, -0.1) is 0 Å². The first kappa shape index (κ1) is 15.1. The van der Waals surface area contributed by atoms with Crippen molar-refractivity contribution in [2.45, 2.75) is 33.5 Å². The molecule has 0 saturated heterocycles. The van der Waals surface area contributed by atoms with Crippen LogP contribution in [0.4, 0.5) is 0 Å². The highest BCUT2D eigenvalue weighted by molar-refractivity contribution is 9.10. The highest BCUT2D eigenvalue weighted by atomic mass is 79.9. The van der Waals surface area contributed by atoms with E-state index in [1.165, 1.54) is 16.7 Å². The predicted molar refractivity (Wildman–Crippen MR) is 85.0 cm³/mol. The molecule has 20 heavy (non-hydrogen) atoms. The predicted octanol–water partition coefficient (Wildman–Crippen LogP) is 4.70. The minimum Gasteiger partial charge on any atom is -0.488 e. The lowest BCUT2D eigenvalue weighted by molar-refractivity contribution is 0.190. The van der Waals surface area contributed by atoms with Crippen molar-refractivity contribution >= 4 is 15.9 Å². The van der Waals surface area contributed by atoms with Crippen LogP contribution in [0, 0.1) is 13.8 Å². The summed E-state index contributed by atoms with van der Waals surface area (Å²) in [7, 11) is 0. The number of halogens is 1. The number of rotatable bonds is 4. The molecule has 0 fully saturated rings. The zero-order valence-electron chi connectivity index (χ0n) is 12.0. The van der Waals surface area contributed by atoms with Gasteiger partial charge in [-0.1, -0.05) is 45.8 Å². The van der Waals surface area contributed by atoms with Crippen LogP contribution < -0.4 is 4.74 Å². The molecular weight excluding hydrogens is 316 g/mol. The molecule has 2 rings (SSSR count). The van der Waals surface area contributed by atoms with E-state index in [2.05, 4.69) is 48.0 Å². The quantitative estimate of drug-likeness (QED) is 0.878. The molecular formula is C17H19BrO2. The van der Waals surface area contributed by atoms with Crippen LogP contribution in [0.3, 0.4) is 0 Å². The SMILES string of the molecule is Cc1ccc(C)c(COc2cc(Br)ccc2[C@@H](C)O)c1. The Labute approximate surface area is 128 Å². The van der Waals surface area contributed by atoms with Crippen LogP contribution >= 0.6 is 15.9 Å². The van der Waals surface area contributed by atoms with Crippen molar-refractivity contribution in [1.29, 1.82) is 0 Å².